The smallest absolute Gasteiger partial charge is 0.254 e. The fraction of sp³-hybridized carbons (Fsp3) is 0.480. The normalized spacial score (nSPS) is 15.0. The van der Waals surface area contributed by atoms with Crippen LogP contribution in [0.15, 0.2) is 48.5 Å². The Hall–Kier alpha value is -2.44. The molecule has 1 aliphatic heterocycles. The maximum Gasteiger partial charge on any atom is 0.254 e. The molecule has 1 saturated heterocycles. The van der Waals surface area contributed by atoms with Gasteiger partial charge in [-0.15, -0.1) is 0 Å². The maximum absolute atomic E-state index is 13.6. The molecule has 2 aromatic carbocycles. The lowest BCUT2D eigenvalue weighted by molar-refractivity contribution is 0.0732. The Morgan fingerprint density at radius 3 is 2.26 bits per heavy atom. The Labute approximate surface area is 186 Å². The minimum absolute atomic E-state index is 0.0257. The number of carbonyl (C=O) groups is 1. The number of amides is 1. The fourth-order valence-corrected chi connectivity index (χ4v) is 3.92. The van der Waals surface area contributed by atoms with E-state index >= 15 is 0 Å². The van der Waals surface area contributed by atoms with Crippen LogP contribution in [0.4, 0.5) is 10.1 Å². The summed E-state index contributed by atoms with van der Waals surface area (Å²) < 4.78 is 13.6. The highest BCUT2D eigenvalue weighted by atomic mass is 19.1. The Bertz CT molecular complexity index is 845. The second kappa shape index (κ2) is 10.7. The lowest BCUT2D eigenvalue weighted by atomic mass is 10.1. The van der Waals surface area contributed by atoms with Gasteiger partial charge in [-0.25, -0.2) is 4.39 Å². The summed E-state index contributed by atoms with van der Waals surface area (Å²) in [7, 11) is 3.97. The number of piperazine rings is 1. The Kier molecular flexibility index (Phi) is 8.04. The fourth-order valence-electron chi connectivity index (χ4n) is 3.92. The molecule has 1 amide bonds. The molecule has 0 aromatic heterocycles. The first-order valence-electron chi connectivity index (χ1n) is 11.1. The SMILES string of the molecule is CC(C)N1CCN(c2ccc(C(=O)N(CCN(C)C)Cc3cccc(F)c3)cc2)CC1. The Balaban J connectivity index is 1.69. The third-order valence-corrected chi connectivity index (χ3v) is 5.89. The van der Waals surface area contributed by atoms with Gasteiger partial charge in [0.25, 0.3) is 5.91 Å². The number of halogens is 1. The van der Waals surface area contributed by atoms with Crippen molar-refractivity contribution in [2.75, 3.05) is 58.3 Å². The summed E-state index contributed by atoms with van der Waals surface area (Å²) in [5, 5.41) is 0. The molecule has 2 aromatic rings. The molecule has 1 fully saturated rings. The molecule has 0 radical (unpaired) electrons. The number of benzene rings is 2. The topological polar surface area (TPSA) is 30.0 Å². The van der Waals surface area contributed by atoms with Crippen LogP contribution in [-0.4, -0.2) is 80.0 Å². The van der Waals surface area contributed by atoms with E-state index in [-0.39, 0.29) is 11.7 Å². The zero-order valence-electron chi connectivity index (χ0n) is 19.2. The van der Waals surface area contributed by atoms with Crippen molar-refractivity contribution < 1.29 is 9.18 Å². The van der Waals surface area contributed by atoms with E-state index in [1.165, 1.54) is 12.1 Å². The van der Waals surface area contributed by atoms with Gasteiger partial charge in [0.05, 0.1) is 0 Å². The predicted octanol–water partition coefficient (Wildman–Crippen LogP) is 3.56. The molecular formula is C25H35FN4O. The Morgan fingerprint density at radius 2 is 1.68 bits per heavy atom. The number of nitrogens with zero attached hydrogens (tertiary/aromatic N) is 4. The molecule has 5 nitrogen and oxygen atoms in total. The third kappa shape index (κ3) is 6.52. The van der Waals surface area contributed by atoms with Crippen molar-refractivity contribution in [3.63, 3.8) is 0 Å². The van der Waals surface area contributed by atoms with Crippen molar-refractivity contribution in [1.29, 1.82) is 0 Å². The summed E-state index contributed by atoms with van der Waals surface area (Å²) in [6, 6.07) is 15.0. The zero-order valence-corrected chi connectivity index (χ0v) is 19.2. The molecule has 3 rings (SSSR count). The van der Waals surface area contributed by atoms with E-state index in [9.17, 15) is 9.18 Å². The molecule has 0 N–H and O–H groups in total. The third-order valence-electron chi connectivity index (χ3n) is 5.89. The van der Waals surface area contributed by atoms with Gasteiger partial charge in [0, 0.05) is 63.1 Å². The van der Waals surface area contributed by atoms with Crippen molar-refractivity contribution in [3.8, 4) is 0 Å². The van der Waals surface area contributed by atoms with Crippen molar-refractivity contribution in [2.24, 2.45) is 0 Å². The number of likely N-dealkylation sites (N-methyl/N-ethyl adjacent to an activating group) is 1. The molecule has 168 valence electrons. The summed E-state index contributed by atoms with van der Waals surface area (Å²) in [6.07, 6.45) is 0. The van der Waals surface area contributed by atoms with Crippen LogP contribution in [0.5, 0.6) is 0 Å². The molecule has 31 heavy (non-hydrogen) atoms. The molecule has 0 saturated carbocycles. The predicted molar refractivity (Wildman–Crippen MR) is 125 cm³/mol. The first kappa shape index (κ1) is 23.2. The van der Waals surface area contributed by atoms with E-state index < -0.39 is 0 Å². The molecular weight excluding hydrogens is 391 g/mol. The van der Waals surface area contributed by atoms with E-state index in [0.717, 1.165) is 44.0 Å². The van der Waals surface area contributed by atoms with Gasteiger partial charge in [0.15, 0.2) is 0 Å². The van der Waals surface area contributed by atoms with Crippen LogP contribution in [0.3, 0.4) is 0 Å². The van der Waals surface area contributed by atoms with Crippen LogP contribution in [0.1, 0.15) is 29.8 Å². The van der Waals surface area contributed by atoms with E-state index in [1.54, 1.807) is 11.0 Å². The minimum Gasteiger partial charge on any atom is -0.369 e. The zero-order chi connectivity index (χ0) is 22.4. The van der Waals surface area contributed by atoms with Gasteiger partial charge in [-0.1, -0.05) is 12.1 Å². The summed E-state index contributed by atoms with van der Waals surface area (Å²) in [5.74, 6) is -0.304. The van der Waals surface area contributed by atoms with Crippen molar-refractivity contribution in [1.82, 2.24) is 14.7 Å². The second-order valence-electron chi connectivity index (χ2n) is 8.82. The lowest BCUT2D eigenvalue weighted by Gasteiger charge is -2.38. The van der Waals surface area contributed by atoms with Crippen LogP contribution in [0.2, 0.25) is 0 Å². The van der Waals surface area contributed by atoms with E-state index in [2.05, 4.69) is 23.6 Å². The number of hydrogen-bond donors (Lipinski definition) is 0. The molecule has 0 spiro atoms. The number of hydrogen-bond acceptors (Lipinski definition) is 4. The summed E-state index contributed by atoms with van der Waals surface area (Å²) >= 11 is 0. The van der Waals surface area contributed by atoms with Gasteiger partial charge >= 0.3 is 0 Å². The van der Waals surface area contributed by atoms with E-state index in [0.29, 0.717) is 24.7 Å². The van der Waals surface area contributed by atoms with Gasteiger partial charge in [-0.2, -0.15) is 0 Å². The quantitative estimate of drug-likeness (QED) is 0.646. The summed E-state index contributed by atoms with van der Waals surface area (Å²) in [4.78, 5) is 22.0. The minimum atomic E-state index is -0.278. The highest BCUT2D eigenvalue weighted by molar-refractivity contribution is 5.94. The molecule has 1 aliphatic rings. The highest BCUT2D eigenvalue weighted by Gasteiger charge is 2.20. The van der Waals surface area contributed by atoms with Gasteiger partial charge in [0.1, 0.15) is 5.82 Å². The van der Waals surface area contributed by atoms with Gasteiger partial charge in [0.2, 0.25) is 0 Å². The van der Waals surface area contributed by atoms with Crippen molar-refractivity contribution in [2.45, 2.75) is 26.4 Å². The largest absolute Gasteiger partial charge is 0.369 e. The van der Waals surface area contributed by atoms with Gasteiger partial charge in [-0.3, -0.25) is 9.69 Å². The Morgan fingerprint density at radius 1 is 1.00 bits per heavy atom. The van der Waals surface area contributed by atoms with Gasteiger partial charge < -0.3 is 14.7 Å². The molecule has 0 bridgehead atoms. The first-order valence-corrected chi connectivity index (χ1v) is 11.1. The molecule has 1 heterocycles. The summed E-state index contributed by atoms with van der Waals surface area (Å²) in [5.41, 5.74) is 2.62. The average molecular weight is 427 g/mol. The van der Waals surface area contributed by atoms with Crippen molar-refractivity contribution in [3.05, 3.63) is 65.5 Å². The number of carbonyl (C=O) groups excluding carboxylic acids is 1. The molecule has 0 aliphatic carbocycles. The second-order valence-corrected chi connectivity index (χ2v) is 8.82. The van der Waals surface area contributed by atoms with E-state index in [4.69, 9.17) is 0 Å². The van der Waals surface area contributed by atoms with Crippen LogP contribution < -0.4 is 4.90 Å². The van der Waals surface area contributed by atoms with Crippen LogP contribution in [-0.2, 0) is 6.54 Å². The molecule has 0 atom stereocenters. The number of anilines is 1. The average Bonchev–Trinajstić information content (AvgIpc) is 2.76. The van der Waals surface area contributed by atoms with E-state index in [1.807, 2.05) is 49.3 Å². The molecule has 0 unspecified atom stereocenters. The van der Waals surface area contributed by atoms with Crippen LogP contribution in [0.25, 0.3) is 0 Å². The van der Waals surface area contributed by atoms with Crippen LogP contribution >= 0.6 is 0 Å². The van der Waals surface area contributed by atoms with Crippen LogP contribution in [0, 0.1) is 5.82 Å². The van der Waals surface area contributed by atoms with Gasteiger partial charge in [-0.05, 0) is 69.9 Å². The van der Waals surface area contributed by atoms with Crippen molar-refractivity contribution >= 4 is 11.6 Å². The lowest BCUT2D eigenvalue weighted by Crippen LogP contribution is -2.48. The standard InChI is InChI=1S/C25H35FN4O/c1-20(2)28-14-16-29(17-15-28)24-10-8-22(9-11-24)25(31)30(13-12-27(3)4)19-21-6-5-7-23(26)18-21/h5-11,18,20H,12-17,19H2,1-4H3. The first-order chi connectivity index (χ1) is 14.8. The summed E-state index contributed by atoms with van der Waals surface area (Å²) in [6.45, 7) is 10.3. The monoisotopic (exact) mass is 426 g/mol. The highest BCUT2D eigenvalue weighted by Crippen LogP contribution is 2.20. The number of rotatable bonds is 8. The molecule has 6 heteroatoms. The maximum atomic E-state index is 13.6.